The van der Waals surface area contributed by atoms with E-state index in [2.05, 4.69) is 20.2 Å². The lowest BCUT2D eigenvalue weighted by Gasteiger charge is -2.22. The average Bonchev–Trinajstić information content (AvgIpc) is 3.03. The second kappa shape index (κ2) is 7.66. The molecule has 1 aliphatic heterocycles. The van der Waals surface area contributed by atoms with Crippen molar-refractivity contribution in [1.82, 2.24) is 15.2 Å². The van der Waals surface area contributed by atoms with Gasteiger partial charge in [-0.3, -0.25) is 4.99 Å². The summed E-state index contributed by atoms with van der Waals surface area (Å²) in [5.41, 5.74) is 0.967. The Kier molecular flexibility index (Phi) is 6.11. The fraction of sp³-hybridized carbons (Fsp3) is 0.750. The van der Waals surface area contributed by atoms with Gasteiger partial charge in [-0.05, 0) is 38.5 Å². The van der Waals surface area contributed by atoms with E-state index in [0.29, 0.717) is 6.54 Å². The van der Waals surface area contributed by atoms with E-state index in [1.807, 2.05) is 20.9 Å². The first kappa shape index (κ1) is 17.6. The normalized spacial score (nSPS) is 24.9. The van der Waals surface area contributed by atoms with Gasteiger partial charge in [-0.15, -0.1) is 24.0 Å². The van der Waals surface area contributed by atoms with Crippen molar-refractivity contribution in [3.8, 4) is 0 Å². The zero-order valence-electron chi connectivity index (χ0n) is 13.8. The summed E-state index contributed by atoms with van der Waals surface area (Å²) in [6.45, 7) is 6.82. The maximum atomic E-state index is 5.62. The molecule has 1 aromatic heterocycles. The predicted octanol–water partition coefficient (Wildman–Crippen LogP) is 3.11. The third-order valence-electron chi connectivity index (χ3n) is 4.96. The minimum atomic E-state index is 0. The van der Waals surface area contributed by atoms with Gasteiger partial charge in [0.25, 0.3) is 0 Å². The Bertz CT molecular complexity index is 495. The summed E-state index contributed by atoms with van der Waals surface area (Å²) in [5.74, 6) is 4.35. The molecule has 1 saturated carbocycles. The standard InChI is InChI=1S/C16H26N4O.HI/c1-11-12(2)21-15(19-11)8-18-16(17-3)20-9-13-6-4-5-7-14(13)10-20;/h13-14H,4-10H2,1-3H3,(H,17,18);1H. The van der Waals surface area contributed by atoms with Crippen LogP contribution in [-0.4, -0.2) is 36.0 Å². The highest BCUT2D eigenvalue weighted by Crippen LogP contribution is 2.35. The number of rotatable bonds is 2. The Labute approximate surface area is 150 Å². The van der Waals surface area contributed by atoms with Crippen molar-refractivity contribution in [3.63, 3.8) is 0 Å². The van der Waals surface area contributed by atoms with Crippen molar-refractivity contribution in [2.75, 3.05) is 20.1 Å². The van der Waals surface area contributed by atoms with Crippen LogP contribution in [0.25, 0.3) is 0 Å². The number of halogens is 1. The molecule has 2 heterocycles. The van der Waals surface area contributed by atoms with Crippen molar-refractivity contribution in [3.05, 3.63) is 17.3 Å². The number of aliphatic imine (C=N–C) groups is 1. The fourth-order valence-corrected chi connectivity index (χ4v) is 3.68. The van der Waals surface area contributed by atoms with E-state index in [0.717, 1.165) is 48.2 Å². The molecule has 2 unspecified atom stereocenters. The number of likely N-dealkylation sites (tertiary alicyclic amines) is 1. The number of guanidine groups is 1. The summed E-state index contributed by atoms with van der Waals surface area (Å²) < 4.78 is 5.62. The van der Waals surface area contributed by atoms with Crippen LogP contribution < -0.4 is 5.32 Å². The smallest absolute Gasteiger partial charge is 0.214 e. The maximum Gasteiger partial charge on any atom is 0.214 e. The molecule has 1 saturated heterocycles. The van der Waals surface area contributed by atoms with Crippen LogP contribution in [0.1, 0.15) is 43.0 Å². The number of aromatic nitrogens is 1. The molecule has 1 N–H and O–H groups in total. The molecular weight excluding hydrogens is 391 g/mol. The van der Waals surface area contributed by atoms with Gasteiger partial charge in [0.2, 0.25) is 5.89 Å². The van der Waals surface area contributed by atoms with E-state index >= 15 is 0 Å². The number of aryl methyl sites for hydroxylation is 2. The number of nitrogens with one attached hydrogen (secondary N) is 1. The number of hydrogen-bond donors (Lipinski definition) is 1. The molecule has 0 amide bonds. The lowest BCUT2D eigenvalue weighted by Crippen LogP contribution is -2.39. The summed E-state index contributed by atoms with van der Waals surface area (Å²) in [4.78, 5) is 11.3. The van der Waals surface area contributed by atoms with Crippen molar-refractivity contribution in [2.45, 2.75) is 46.1 Å². The van der Waals surface area contributed by atoms with Crippen LogP contribution in [0.3, 0.4) is 0 Å². The number of oxazole rings is 1. The van der Waals surface area contributed by atoms with Crippen LogP contribution in [0.5, 0.6) is 0 Å². The molecule has 0 aromatic carbocycles. The zero-order valence-corrected chi connectivity index (χ0v) is 16.1. The van der Waals surface area contributed by atoms with E-state index in [-0.39, 0.29) is 24.0 Å². The lowest BCUT2D eigenvalue weighted by atomic mass is 9.82. The van der Waals surface area contributed by atoms with Crippen LogP contribution in [0.15, 0.2) is 9.41 Å². The third-order valence-corrected chi connectivity index (χ3v) is 4.96. The van der Waals surface area contributed by atoms with Crippen molar-refractivity contribution < 1.29 is 4.42 Å². The van der Waals surface area contributed by atoms with Gasteiger partial charge >= 0.3 is 0 Å². The van der Waals surface area contributed by atoms with E-state index < -0.39 is 0 Å². The largest absolute Gasteiger partial charge is 0.444 e. The van der Waals surface area contributed by atoms with Crippen LogP contribution >= 0.6 is 24.0 Å². The number of nitrogens with zero attached hydrogens (tertiary/aromatic N) is 3. The second-order valence-electron chi connectivity index (χ2n) is 6.36. The van der Waals surface area contributed by atoms with Crippen LogP contribution in [0.2, 0.25) is 0 Å². The summed E-state index contributed by atoms with van der Waals surface area (Å²) in [6.07, 6.45) is 5.57. The highest BCUT2D eigenvalue weighted by molar-refractivity contribution is 14.0. The molecule has 124 valence electrons. The van der Waals surface area contributed by atoms with E-state index in [1.165, 1.54) is 25.7 Å². The average molecular weight is 418 g/mol. The van der Waals surface area contributed by atoms with Crippen molar-refractivity contribution >= 4 is 29.9 Å². The van der Waals surface area contributed by atoms with Gasteiger partial charge in [0.1, 0.15) is 5.76 Å². The quantitative estimate of drug-likeness (QED) is 0.456. The highest BCUT2D eigenvalue weighted by atomic mass is 127. The molecule has 1 aromatic rings. The maximum absolute atomic E-state index is 5.62. The summed E-state index contributed by atoms with van der Waals surface area (Å²) in [6, 6.07) is 0. The second-order valence-corrected chi connectivity index (χ2v) is 6.36. The number of fused-ring (bicyclic) bond motifs is 1. The van der Waals surface area contributed by atoms with Gasteiger partial charge in [-0.2, -0.15) is 0 Å². The monoisotopic (exact) mass is 418 g/mol. The van der Waals surface area contributed by atoms with Gasteiger partial charge < -0.3 is 14.6 Å². The molecule has 2 atom stereocenters. The van der Waals surface area contributed by atoms with Gasteiger partial charge in [-0.1, -0.05) is 12.8 Å². The van der Waals surface area contributed by atoms with E-state index in [1.54, 1.807) is 0 Å². The SMILES string of the molecule is CN=C(NCc1nc(C)c(C)o1)N1CC2CCCCC2C1.I. The first-order chi connectivity index (χ1) is 10.2. The summed E-state index contributed by atoms with van der Waals surface area (Å²) in [5, 5.41) is 3.40. The van der Waals surface area contributed by atoms with Crippen LogP contribution in [-0.2, 0) is 6.54 Å². The van der Waals surface area contributed by atoms with E-state index in [4.69, 9.17) is 4.42 Å². The molecule has 22 heavy (non-hydrogen) atoms. The Balaban J connectivity index is 0.00000176. The minimum absolute atomic E-state index is 0. The molecular formula is C16H27IN4O. The first-order valence-electron chi connectivity index (χ1n) is 8.06. The molecule has 2 fully saturated rings. The Morgan fingerprint density at radius 3 is 2.41 bits per heavy atom. The van der Waals surface area contributed by atoms with Gasteiger partial charge in [0.05, 0.1) is 12.2 Å². The third kappa shape index (κ3) is 3.75. The molecule has 2 aliphatic rings. The minimum Gasteiger partial charge on any atom is -0.444 e. The van der Waals surface area contributed by atoms with Gasteiger partial charge in [0.15, 0.2) is 5.96 Å². The Morgan fingerprint density at radius 2 is 1.91 bits per heavy atom. The lowest BCUT2D eigenvalue weighted by molar-refractivity contribution is 0.299. The molecule has 0 spiro atoms. The van der Waals surface area contributed by atoms with Crippen molar-refractivity contribution in [2.24, 2.45) is 16.8 Å². The Morgan fingerprint density at radius 1 is 1.27 bits per heavy atom. The zero-order chi connectivity index (χ0) is 14.8. The molecule has 6 heteroatoms. The van der Waals surface area contributed by atoms with Crippen LogP contribution in [0.4, 0.5) is 0 Å². The summed E-state index contributed by atoms with van der Waals surface area (Å²) in [7, 11) is 1.86. The topological polar surface area (TPSA) is 53.7 Å². The molecule has 0 radical (unpaired) electrons. The molecule has 5 nitrogen and oxygen atoms in total. The van der Waals surface area contributed by atoms with Crippen molar-refractivity contribution in [1.29, 1.82) is 0 Å². The van der Waals surface area contributed by atoms with Gasteiger partial charge in [-0.25, -0.2) is 4.98 Å². The highest BCUT2D eigenvalue weighted by Gasteiger charge is 2.35. The summed E-state index contributed by atoms with van der Waals surface area (Å²) >= 11 is 0. The fourth-order valence-electron chi connectivity index (χ4n) is 3.68. The van der Waals surface area contributed by atoms with Crippen LogP contribution in [0, 0.1) is 25.7 Å². The molecule has 0 bridgehead atoms. The first-order valence-corrected chi connectivity index (χ1v) is 8.06. The predicted molar refractivity (Wildman–Crippen MR) is 98.6 cm³/mol. The number of hydrogen-bond acceptors (Lipinski definition) is 3. The molecule has 3 rings (SSSR count). The Hall–Kier alpha value is -0.790. The molecule has 1 aliphatic carbocycles. The van der Waals surface area contributed by atoms with E-state index in [9.17, 15) is 0 Å². The van der Waals surface area contributed by atoms with Gasteiger partial charge in [0, 0.05) is 20.1 Å².